The molecule has 5 nitrogen and oxygen atoms in total. The number of aryl methyl sites for hydroxylation is 1. The standard InChI is InChI=1S/C14H17N3O2/c1-3-10-4-5-12(13(6-10)18-2)19-14-16-8-11(7-15)9-17-14/h4-6,8-9H,3,7,15H2,1-2H3. The molecular formula is C14H17N3O2. The summed E-state index contributed by atoms with van der Waals surface area (Å²) in [5, 5.41) is 0. The third kappa shape index (κ3) is 3.20. The molecule has 1 aromatic carbocycles. The van der Waals surface area contributed by atoms with Crippen LogP contribution in [0.5, 0.6) is 17.5 Å². The second-order valence-electron chi connectivity index (χ2n) is 4.02. The molecule has 0 saturated carbocycles. The van der Waals surface area contributed by atoms with Crippen LogP contribution in [-0.2, 0) is 13.0 Å². The fourth-order valence-corrected chi connectivity index (χ4v) is 1.62. The van der Waals surface area contributed by atoms with Gasteiger partial charge in [-0.15, -0.1) is 0 Å². The highest BCUT2D eigenvalue weighted by molar-refractivity contribution is 5.44. The fraction of sp³-hybridized carbons (Fsp3) is 0.286. The van der Waals surface area contributed by atoms with Crippen molar-refractivity contribution >= 4 is 0 Å². The topological polar surface area (TPSA) is 70.3 Å². The third-order valence-corrected chi connectivity index (χ3v) is 2.75. The Morgan fingerprint density at radius 3 is 2.42 bits per heavy atom. The molecule has 0 fully saturated rings. The van der Waals surface area contributed by atoms with Crippen LogP contribution in [0.4, 0.5) is 0 Å². The van der Waals surface area contributed by atoms with Gasteiger partial charge < -0.3 is 15.2 Å². The summed E-state index contributed by atoms with van der Waals surface area (Å²) < 4.78 is 10.9. The third-order valence-electron chi connectivity index (χ3n) is 2.75. The van der Waals surface area contributed by atoms with Gasteiger partial charge in [-0.3, -0.25) is 0 Å². The van der Waals surface area contributed by atoms with Gasteiger partial charge in [-0.1, -0.05) is 13.0 Å². The molecular weight excluding hydrogens is 242 g/mol. The van der Waals surface area contributed by atoms with E-state index in [4.69, 9.17) is 15.2 Å². The molecule has 0 amide bonds. The van der Waals surface area contributed by atoms with Crippen LogP contribution in [0.3, 0.4) is 0 Å². The fourth-order valence-electron chi connectivity index (χ4n) is 1.62. The number of nitrogens with zero attached hydrogens (tertiary/aromatic N) is 2. The number of ether oxygens (including phenoxy) is 2. The maximum atomic E-state index is 5.61. The molecule has 2 aromatic rings. The molecule has 1 aromatic heterocycles. The summed E-state index contributed by atoms with van der Waals surface area (Å²) in [7, 11) is 1.61. The first-order chi connectivity index (χ1) is 9.26. The number of rotatable bonds is 5. The maximum Gasteiger partial charge on any atom is 0.322 e. The lowest BCUT2D eigenvalue weighted by atomic mass is 10.1. The quantitative estimate of drug-likeness (QED) is 0.892. The van der Waals surface area contributed by atoms with Gasteiger partial charge in [0.1, 0.15) is 0 Å². The predicted octanol–water partition coefficient (Wildman–Crippen LogP) is 2.30. The molecule has 0 radical (unpaired) electrons. The van der Waals surface area contributed by atoms with Crippen LogP contribution in [-0.4, -0.2) is 17.1 Å². The van der Waals surface area contributed by atoms with Gasteiger partial charge in [-0.2, -0.15) is 0 Å². The van der Waals surface area contributed by atoms with Gasteiger partial charge in [0, 0.05) is 24.5 Å². The molecule has 2 rings (SSSR count). The molecule has 0 atom stereocenters. The van der Waals surface area contributed by atoms with Crippen molar-refractivity contribution in [1.82, 2.24) is 9.97 Å². The van der Waals surface area contributed by atoms with Crippen molar-refractivity contribution in [2.75, 3.05) is 7.11 Å². The normalized spacial score (nSPS) is 10.3. The first-order valence-electron chi connectivity index (χ1n) is 6.12. The van der Waals surface area contributed by atoms with E-state index in [0.717, 1.165) is 12.0 Å². The number of hydrogen-bond donors (Lipinski definition) is 1. The van der Waals surface area contributed by atoms with Crippen molar-refractivity contribution < 1.29 is 9.47 Å². The number of nitrogens with two attached hydrogens (primary N) is 1. The Kier molecular flexibility index (Phi) is 4.30. The summed E-state index contributed by atoms with van der Waals surface area (Å²) in [5.74, 6) is 1.27. The van der Waals surface area contributed by atoms with Gasteiger partial charge in [0.05, 0.1) is 7.11 Å². The zero-order valence-electron chi connectivity index (χ0n) is 11.1. The Bertz CT molecular complexity index is 541. The molecule has 0 bridgehead atoms. The first kappa shape index (κ1) is 13.3. The van der Waals surface area contributed by atoms with E-state index in [0.29, 0.717) is 18.0 Å². The maximum absolute atomic E-state index is 5.61. The minimum absolute atomic E-state index is 0.278. The van der Waals surface area contributed by atoms with Crippen LogP contribution in [0.2, 0.25) is 0 Å². The summed E-state index contributed by atoms with van der Waals surface area (Å²) >= 11 is 0. The van der Waals surface area contributed by atoms with Crippen molar-refractivity contribution in [1.29, 1.82) is 0 Å². The molecule has 1 heterocycles. The van der Waals surface area contributed by atoms with Gasteiger partial charge in [-0.25, -0.2) is 9.97 Å². The lowest BCUT2D eigenvalue weighted by Gasteiger charge is -2.10. The second-order valence-corrected chi connectivity index (χ2v) is 4.02. The van der Waals surface area contributed by atoms with Gasteiger partial charge in [0.2, 0.25) is 0 Å². The first-order valence-corrected chi connectivity index (χ1v) is 6.12. The SMILES string of the molecule is CCc1ccc(Oc2ncc(CN)cn2)c(OC)c1. The van der Waals surface area contributed by atoms with Gasteiger partial charge in [-0.05, 0) is 24.1 Å². The van der Waals surface area contributed by atoms with Crippen LogP contribution < -0.4 is 15.2 Å². The highest BCUT2D eigenvalue weighted by Crippen LogP contribution is 2.30. The van der Waals surface area contributed by atoms with E-state index in [1.165, 1.54) is 5.56 Å². The summed E-state index contributed by atoms with van der Waals surface area (Å²) in [6.07, 6.45) is 4.24. The summed E-state index contributed by atoms with van der Waals surface area (Å²) in [4.78, 5) is 8.19. The lowest BCUT2D eigenvalue weighted by molar-refractivity contribution is 0.367. The van der Waals surface area contributed by atoms with Crippen LogP contribution >= 0.6 is 0 Å². The van der Waals surface area contributed by atoms with E-state index in [1.54, 1.807) is 19.5 Å². The van der Waals surface area contributed by atoms with E-state index in [1.807, 2.05) is 18.2 Å². The van der Waals surface area contributed by atoms with Crippen molar-refractivity contribution in [3.8, 4) is 17.5 Å². The van der Waals surface area contributed by atoms with Crippen LogP contribution in [0, 0.1) is 0 Å². The summed E-state index contributed by atoms with van der Waals surface area (Å²) in [6, 6.07) is 6.08. The molecule has 0 unspecified atom stereocenters. The Hall–Kier alpha value is -2.14. The molecule has 0 aliphatic heterocycles. The molecule has 19 heavy (non-hydrogen) atoms. The molecule has 5 heteroatoms. The van der Waals surface area contributed by atoms with E-state index in [-0.39, 0.29) is 6.01 Å². The molecule has 0 saturated heterocycles. The largest absolute Gasteiger partial charge is 0.493 e. The number of benzene rings is 1. The van der Waals surface area contributed by atoms with Crippen molar-refractivity contribution in [2.45, 2.75) is 19.9 Å². The Morgan fingerprint density at radius 2 is 1.84 bits per heavy atom. The monoisotopic (exact) mass is 259 g/mol. The zero-order valence-corrected chi connectivity index (χ0v) is 11.1. The van der Waals surface area contributed by atoms with Gasteiger partial charge in [0.25, 0.3) is 0 Å². The van der Waals surface area contributed by atoms with Crippen molar-refractivity contribution in [3.05, 3.63) is 41.7 Å². The summed E-state index contributed by atoms with van der Waals surface area (Å²) in [6.45, 7) is 2.50. The van der Waals surface area contributed by atoms with E-state index >= 15 is 0 Å². The van der Waals surface area contributed by atoms with Crippen LogP contribution in [0.25, 0.3) is 0 Å². The molecule has 100 valence electrons. The van der Waals surface area contributed by atoms with Gasteiger partial charge in [0.15, 0.2) is 11.5 Å². The molecule has 2 N–H and O–H groups in total. The predicted molar refractivity (Wildman–Crippen MR) is 72.4 cm³/mol. The molecule has 0 spiro atoms. The Labute approximate surface area is 112 Å². The Morgan fingerprint density at radius 1 is 1.11 bits per heavy atom. The van der Waals surface area contributed by atoms with Crippen molar-refractivity contribution in [3.63, 3.8) is 0 Å². The second kappa shape index (κ2) is 6.15. The van der Waals surface area contributed by atoms with E-state index in [2.05, 4.69) is 16.9 Å². The van der Waals surface area contributed by atoms with Crippen LogP contribution in [0.1, 0.15) is 18.1 Å². The lowest BCUT2D eigenvalue weighted by Crippen LogP contribution is -2.00. The Balaban J connectivity index is 2.21. The highest BCUT2D eigenvalue weighted by atomic mass is 16.5. The minimum Gasteiger partial charge on any atom is -0.493 e. The van der Waals surface area contributed by atoms with E-state index < -0.39 is 0 Å². The summed E-state index contributed by atoms with van der Waals surface area (Å²) in [5.41, 5.74) is 7.53. The average Bonchev–Trinajstić information content (AvgIpc) is 2.48. The number of aromatic nitrogens is 2. The number of hydrogen-bond acceptors (Lipinski definition) is 5. The van der Waals surface area contributed by atoms with Crippen LogP contribution in [0.15, 0.2) is 30.6 Å². The van der Waals surface area contributed by atoms with Crippen molar-refractivity contribution in [2.24, 2.45) is 5.73 Å². The highest BCUT2D eigenvalue weighted by Gasteiger charge is 2.08. The van der Waals surface area contributed by atoms with E-state index in [9.17, 15) is 0 Å². The zero-order chi connectivity index (χ0) is 13.7. The van der Waals surface area contributed by atoms with Gasteiger partial charge >= 0.3 is 6.01 Å². The molecule has 0 aliphatic carbocycles. The number of methoxy groups -OCH3 is 1. The smallest absolute Gasteiger partial charge is 0.322 e. The minimum atomic E-state index is 0.278. The molecule has 0 aliphatic rings. The average molecular weight is 259 g/mol.